The Balaban J connectivity index is 4.64. The maximum Gasteiger partial charge on any atom is 0.255 e. The van der Waals surface area contributed by atoms with Crippen LogP contribution in [0.5, 0.6) is 0 Å². The summed E-state index contributed by atoms with van der Waals surface area (Å²) in [5.74, 6) is -1.28. The van der Waals surface area contributed by atoms with Crippen LogP contribution in [0.15, 0.2) is 0 Å². The summed E-state index contributed by atoms with van der Waals surface area (Å²) in [5, 5.41) is 1.07. The molecule has 0 saturated carbocycles. The quantitative estimate of drug-likeness (QED) is 0.518. The number of nitrogens with zero attached hydrogens (tertiary/aromatic N) is 1. The van der Waals surface area contributed by atoms with Crippen molar-refractivity contribution < 1.29 is 14.4 Å². The van der Waals surface area contributed by atoms with E-state index in [1.807, 2.05) is 20.8 Å². The lowest BCUT2D eigenvalue weighted by molar-refractivity contribution is -0.142. The molecule has 0 aliphatic carbocycles. The summed E-state index contributed by atoms with van der Waals surface area (Å²) >= 11 is 5.48. The summed E-state index contributed by atoms with van der Waals surface area (Å²) in [6.07, 6.45) is 1.40. The molecule has 0 aromatic carbocycles. The van der Waals surface area contributed by atoms with Crippen molar-refractivity contribution in [3.63, 3.8) is 0 Å². The number of carbonyl (C=O) groups excluding carboxylic acids is 3. The number of hydrogen-bond donors (Lipinski definition) is 2. The van der Waals surface area contributed by atoms with Crippen molar-refractivity contribution >= 4 is 29.3 Å². The van der Waals surface area contributed by atoms with Crippen LogP contribution in [0.25, 0.3) is 0 Å². The normalized spacial score (nSPS) is 12.1. The summed E-state index contributed by atoms with van der Waals surface area (Å²) in [6.45, 7) is 6.02. The second kappa shape index (κ2) is 9.58. The third-order valence-electron chi connectivity index (χ3n) is 2.86. The number of hydrogen-bond acceptors (Lipinski definition) is 3. The molecule has 20 heavy (non-hydrogen) atoms. The predicted octanol–water partition coefficient (Wildman–Crippen LogP) is 1.03. The topological polar surface area (TPSA) is 92.5 Å². The van der Waals surface area contributed by atoms with Crippen LogP contribution in [0.1, 0.15) is 40.0 Å². The zero-order valence-corrected chi connectivity index (χ0v) is 13.1. The van der Waals surface area contributed by atoms with E-state index >= 15 is 0 Å². The first-order valence-corrected chi connectivity index (χ1v) is 7.30. The number of hydrazine groups is 1. The van der Waals surface area contributed by atoms with Gasteiger partial charge in [-0.2, -0.15) is 0 Å². The Morgan fingerprint density at radius 2 is 1.90 bits per heavy atom. The minimum Gasteiger partial charge on any atom is -0.370 e. The van der Waals surface area contributed by atoms with E-state index in [-0.39, 0.29) is 30.7 Å². The van der Waals surface area contributed by atoms with Crippen LogP contribution in [0.3, 0.4) is 0 Å². The molecular formula is C13H24ClN3O3. The number of nitrogens with two attached hydrogens (primary N) is 1. The second-order valence-corrected chi connectivity index (χ2v) is 5.37. The number of primary amides is 1. The van der Waals surface area contributed by atoms with E-state index < -0.39 is 11.8 Å². The lowest BCUT2D eigenvalue weighted by Crippen LogP contribution is -2.50. The third-order valence-corrected chi connectivity index (χ3v) is 3.09. The van der Waals surface area contributed by atoms with Crippen LogP contribution in [-0.4, -0.2) is 35.2 Å². The van der Waals surface area contributed by atoms with Crippen LogP contribution in [0.4, 0.5) is 0 Å². The van der Waals surface area contributed by atoms with Gasteiger partial charge in [-0.15, -0.1) is 11.6 Å². The fourth-order valence-electron chi connectivity index (χ4n) is 1.79. The maximum absolute atomic E-state index is 12.1. The van der Waals surface area contributed by atoms with Gasteiger partial charge in [0, 0.05) is 12.3 Å². The molecule has 0 aliphatic heterocycles. The van der Waals surface area contributed by atoms with Gasteiger partial charge in [0.25, 0.3) is 5.91 Å². The molecular weight excluding hydrogens is 282 g/mol. The molecule has 0 rings (SSSR count). The Morgan fingerprint density at radius 1 is 1.30 bits per heavy atom. The second-order valence-electron chi connectivity index (χ2n) is 5.11. The first kappa shape index (κ1) is 18.7. The van der Waals surface area contributed by atoms with E-state index in [4.69, 9.17) is 17.3 Å². The zero-order valence-electron chi connectivity index (χ0n) is 12.3. The van der Waals surface area contributed by atoms with Gasteiger partial charge in [-0.05, 0) is 18.8 Å². The lowest BCUT2D eigenvalue weighted by atomic mass is 9.94. The fourth-order valence-corrected chi connectivity index (χ4v) is 1.93. The molecule has 0 fully saturated rings. The lowest BCUT2D eigenvalue weighted by Gasteiger charge is -2.25. The van der Waals surface area contributed by atoms with Gasteiger partial charge in [-0.25, -0.2) is 0 Å². The first-order chi connectivity index (χ1) is 9.31. The van der Waals surface area contributed by atoms with Gasteiger partial charge < -0.3 is 5.73 Å². The number of alkyl halides is 1. The molecule has 0 spiro atoms. The minimum atomic E-state index is -0.541. The third kappa shape index (κ3) is 7.33. The van der Waals surface area contributed by atoms with Crippen LogP contribution in [0, 0.1) is 11.8 Å². The van der Waals surface area contributed by atoms with Crippen molar-refractivity contribution in [2.75, 3.05) is 12.4 Å². The highest BCUT2D eigenvalue weighted by atomic mass is 35.5. The van der Waals surface area contributed by atoms with Crippen LogP contribution in [-0.2, 0) is 14.4 Å². The van der Waals surface area contributed by atoms with Crippen LogP contribution >= 0.6 is 11.6 Å². The van der Waals surface area contributed by atoms with E-state index in [0.717, 1.165) is 11.4 Å². The number of halogens is 1. The average Bonchev–Trinajstić information content (AvgIpc) is 2.38. The monoisotopic (exact) mass is 305 g/mol. The highest BCUT2D eigenvalue weighted by Crippen LogP contribution is 2.15. The molecule has 0 radical (unpaired) electrons. The molecule has 1 atom stereocenters. The summed E-state index contributed by atoms with van der Waals surface area (Å²) in [5.41, 5.74) is 7.57. The molecule has 7 heteroatoms. The first-order valence-electron chi connectivity index (χ1n) is 6.76. The van der Waals surface area contributed by atoms with E-state index in [0.29, 0.717) is 12.3 Å². The highest BCUT2D eigenvalue weighted by Gasteiger charge is 2.22. The molecule has 0 unspecified atom stereocenters. The fraction of sp³-hybridized carbons (Fsp3) is 0.769. The van der Waals surface area contributed by atoms with Crippen molar-refractivity contribution in [3.8, 4) is 0 Å². The van der Waals surface area contributed by atoms with Crippen LogP contribution < -0.4 is 11.2 Å². The van der Waals surface area contributed by atoms with Gasteiger partial charge in [0.05, 0.1) is 6.54 Å². The van der Waals surface area contributed by atoms with Crippen molar-refractivity contribution in [1.29, 1.82) is 0 Å². The summed E-state index contributed by atoms with van der Waals surface area (Å²) < 4.78 is 0. The number of rotatable bonds is 8. The molecule has 116 valence electrons. The molecule has 0 bridgehead atoms. The van der Waals surface area contributed by atoms with Gasteiger partial charge in [0.1, 0.15) is 5.88 Å². The Hall–Kier alpha value is -1.30. The van der Waals surface area contributed by atoms with E-state index in [1.165, 1.54) is 0 Å². The summed E-state index contributed by atoms with van der Waals surface area (Å²) in [7, 11) is 0. The van der Waals surface area contributed by atoms with E-state index in [2.05, 4.69) is 5.43 Å². The molecule has 0 heterocycles. The van der Waals surface area contributed by atoms with Crippen molar-refractivity contribution in [2.24, 2.45) is 17.6 Å². The van der Waals surface area contributed by atoms with Gasteiger partial charge in [-0.1, -0.05) is 20.8 Å². The van der Waals surface area contributed by atoms with Crippen molar-refractivity contribution in [3.05, 3.63) is 0 Å². The van der Waals surface area contributed by atoms with Crippen molar-refractivity contribution in [1.82, 2.24) is 10.4 Å². The molecule has 0 aliphatic rings. The predicted molar refractivity (Wildman–Crippen MR) is 77.6 cm³/mol. The molecule has 3 N–H and O–H groups in total. The van der Waals surface area contributed by atoms with Gasteiger partial charge in [0.2, 0.25) is 11.8 Å². The van der Waals surface area contributed by atoms with Gasteiger partial charge >= 0.3 is 0 Å². The van der Waals surface area contributed by atoms with Gasteiger partial charge in [-0.3, -0.25) is 24.8 Å². The SMILES string of the molecule is CC[C@@H](CC(C)C)C(=O)NN(CCC(N)=O)C(=O)CCl. The largest absolute Gasteiger partial charge is 0.370 e. The zero-order chi connectivity index (χ0) is 15.7. The molecule has 0 saturated heterocycles. The summed E-state index contributed by atoms with van der Waals surface area (Å²) in [6, 6.07) is 0. The minimum absolute atomic E-state index is 0.0239. The highest BCUT2D eigenvalue weighted by molar-refractivity contribution is 6.27. The Bertz CT molecular complexity index is 348. The molecule has 3 amide bonds. The molecule has 0 aromatic rings. The Kier molecular flexibility index (Phi) is 8.96. The smallest absolute Gasteiger partial charge is 0.255 e. The average molecular weight is 306 g/mol. The van der Waals surface area contributed by atoms with Crippen molar-refractivity contribution in [2.45, 2.75) is 40.0 Å². The summed E-state index contributed by atoms with van der Waals surface area (Å²) in [4.78, 5) is 34.5. The maximum atomic E-state index is 12.1. The molecule has 6 nitrogen and oxygen atoms in total. The van der Waals surface area contributed by atoms with Crippen LogP contribution in [0.2, 0.25) is 0 Å². The number of carbonyl (C=O) groups is 3. The van der Waals surface area contributed by atoms with E-state index in [1.54, 1.807) is 0 Å². The Morgan fingerprint density at radius 3 is 2.30 bits per heavy atom. The molecule has 0 aromatic heterocycles. The Labute approximate surface area is 125 Å². The number of nitrogens with one attached hydrogen (secondary N) is 1. The number of amides is 3. The van der Waals surface area contributed by atoms with E-state index in [9.17, 15) is 14.4 Å². The van der Waals surface area contributed by atoms with Gasteiger partial charge in [0.15, 0.2) is 0 Å². The standard InChI is InChI=1S/C13H24ClN3O3/c1-4-10(7-9(2)3)13(20)16-17(12(19)8-14)6-5-11(15)18/h9-10H,4-8H2,1-3H3,(H2,15,18)(H,16,20)/t10-/m0/s1.